The second-order valence-electron chi connectivity index (χ2n) is 5.90. The lowest BCUT2D eigenvalue weighted by Crippen LogP contribution is -2.23. The number of hydrogen-bond acceptors (Lipinski definition) is 4. The zero-order valence-electron chi connectivity index (χ0n) is 13.6. The highest BCUT2D eigenvalue weighted by Gasteiger charge is 2.22. The zero-order chi connectivity index (χ0) is 17.3. The minimum Gasteiger partial charge on any atom is -0.464 e. The molecule has 1 amide bonds. The summed E-state index contributed by atoms with van der Waals surface area (Å²) in [6.07, 6.45) is 3.50. The molecule has 0 saturated heterocycles. The molecular weight excluding hydrogens is 310 g/mol. The molecule has 0 atom stereocenters. The smallest absolute Gasteiger partial charge is 0.356 e. The van der Waals surface area contributed by atoms with Crippen LogP contribution < -0.4 is 10.9 Å². The minimum absolute atomic E-state index is 0.182. The Morgan fingerprint density at radius 3 is 2.67 bits per heavy atom. The number of ether oxygens (including phenoxy) is 1. The van der Waals surface area contributed by atoms with Crippen molar-refractivity contribution >= 4 is 17.6 Å². The van der Waals surface area contributed by atoms with Crippen LogP contribution in [0.15, 0.2) is 16.9 Å². The maximum Gasteiger partial charge on any atom is 0.356 e. The molecule has 2 heterocycles. The summed E-state index contributed by atoms with van der Waals surface area (Å²) < 4.78 is 4.71. The molecule has 0 bridgehead atoms. The van der Waals surface area contributed by atoms with Crippen LogP contribution in [0, 0.1) is 6.92 Å². The number of aryl methyl sites for hydroxylation is 2. The van der Waals surface area contributed by atoms with Crippen molar-refractivity contribution in [2.24, 2.45) is 0 Å². The molecule has 1 aliphatic carbocycles. The van der Waals surface area contributed by atoms with E-state index in [4.69, 9.17) is 4.74 Å². The molecule has 24 heavy (non-hydrogen) atoms. The van der Waals surface area contributed by atoms with E-state index in [9.17, 15) is 14.4 Å². The van der Waals surface area contributed by atoms with Crippen LogP contribution in [0.5, 0.6) is 0 Å². The molecular formula is C17H19N3O4. The molecule has 1 aliphatic rings. The quantitative estimate of drug-likeness (QED) is 0.748. The van der Waals surface area contributed by atoms with Crippen molar-refractivity contribution in [3.05, 3.63) is 50.7 Å². The molecule has 126 valence electrons. The Balaban J connectivity index is 1.96. The highest BCUT2D eigenvalue weighted by molar-refractivity contribution is 6.08. The molecule has 0 unspecified atom stereocenters. The normalized spacial score (nSPS) is 13.2. The molecule has 0 radical (unpaired) electrons. The van der Waals surface area contributed by atoms with E-state index in [1.807, 2.05) is 0 Å². The van der Waals surface area contributed by atoms with Crippen LogP contribution in [0.25, 0.3) is 0 Å². The lowest BCUT2D eigenvalue weighted by atomic mass is 9.92. The maximum atomic E-state index is 12.7. The van der Waals surface area contributed by atoms with Crippen LogP contribution >= 0.6 is 0 Å². The summed E-state index contributed by atoms with van der Waals surface area (Å²) in [5, 5.41) is 2.72. The molecule has 7 heteroatoms. The molecule has 2 aromatic heterocycles. The number of aromatic nitrogens is 2. The first-order valence-corrected chi connectivity index (χ1v) is 7.84. The van der Waals surface area contributed by atoms with E-state index in [1.165, 1.54) is 13.2 Å². The highest BCUT2D eigenvalue weighted by atomic mass is 16.5. The van der Waals surface area contributed by atoms with Gasteiger partial charge in [0.25, 0.3) is 5.91 Å². The molecule has 7 nitrogen and oxygen atoms in total. The summed E-state index contributed by atoms with van der Waals surface area (Å²) in [6.45, 7) is 1.77. The molecule has 2 aromatic rings. The van der Waals surface area contributed by atoms with Crippen molar-refractivity contribution < 1.29 is 14.3 Å². The number of aromatic amines is 2. The van der Waals surface area contributed by atoms with E-state index >= 15 is 0 Å². The number of anilines is 1. The lowest BCUT2D eigenvalue weighted by Gasteiger charge is -2.18. The summed E-state index contributed by atoms with van der Waals surface area (Å²) in [6, 6.07) is 2.97. The largest absolute Gasteiger partial charge is 0.464 e. The Kier molecular flexibility index (Phi) is 4.24. The number of hydrogen-bond donors (Lipinski definition) is 3. The zero-order valence-corrected chi connectivity index (χ0v) is 13.6. The number of amides is 1. The first-order chi connectivity index (χ1) is 11.5. The number of carbonyl (C=O) groups excluding carboxylic acids is 2. The monoisotopic (exact) mass is 329 g/mol. The van der Waals surface area contributed by atoms with Crippen molar-refractivity contribution in [2.75, 3.05) is 12.4 Å². The number of pyridine rings is 1. The Labute approximate surface area is 138 Å². The number of rotatable bonds is 3. The fourth-order valence-electron chi connectivity index (χ4n) is 3.09. The van der Waals surface area contributed by atoms with Gasteiger partial charge in [0.1, 0.15) is 5.69 Å². The second kappa shape index (κ2) is 6.35. The highest BCUT2D eigenvalue weighted by Crippen LogP contribution is 2.24. The lowest BCUT2D eigenvalue weighted by molar-refractivity contribution is 0.0596. The average molecular weight is 329 g/mol. The second-order valence-corrected chi connectivity index (χ2v) is 5.90. The standard InChI is InChI=1S/C17H19N3O4/c1-9-7-13(15(18-9)17(23)24-2)20-16(22)11-8-14(21)19-12-6-4-3-5-10(11)12/h7-8,18H,3-6H2,1-2H3,(H,19,21)(H,20,22). The van der Waals surface area contributed by atoms with Crippen LogP contribution in [-0.4, -0.2) is 29.0 Å². The van der Waals surface area contributed by atoms with Gasteiger partial charge in [-0.2, -0.15) is 0 Å². The van der Waals surface area contributed by atoms with Gasteiger partial charge < -0.3 is 20.0 Å². The Morgan fingerprint density at radius 2 is 1.92 bits per heavy atom. The van der Waals surface area contributed by atoms with Crippen LogP contribution in [0.1, 0.15) is 50.6 Å². The van der Waals surface area contributed by atoms with Gasteiger partial charge >= 0.3 is 5.97 Å². The first-order valence-electron chi connectivity index (χ1n) is 7.84. The first kappa shape index (κ1) is 16.0. The van der Waals surface area contributed by atoms with Crippen molar-refractivity contribution in [1.29, 1.82) is 0 Å². The van der Waals surface area contributed by atoms with E-state index in [-0.39, 0.29) is 11.3 Å². The van der Waals surface area contributed by atoms with Crippen LogP contribution in [-0.2, 0) is 17.6 Å². The molecule has 0 aromatic carbocycles. The Morgan fingerprint density at radius 1 is 1.17 bits per heavy atom. The maximum absolute atomic E-state index is 12.7. The molecule has 3 N–H and O–H groups in total. The van der Waals surface area contributed by atoms with E-state index < -0.39 is 11.9 Å². The molecule has 3 rings (SSSR count). The van der Waals surface area contributed by atoms with E-state index in [1.54, 1.807) is 13.0 Å². The van der Waals surface area contributed by atoms with E-state index in [2.05, 4.69) is 15.3 Å². The van der Waals surface area contributed by atoms with Gasteiger partial charge in [-0.05, 0) is 44.2 Å². The Hall–Kier alpha value is -2.83. The number of esters is 1. The minimum atomic E-state index is -0.564. The predicted octanol–water partition coefficient (Wildman–Crippen LogP) is 1.93. The van der Waals surface area contributed by atoms with Crippen molar-refractivity contribution in [3.63, 3.8) is 0 Å². The van der Waals surface area contributed by atoms with Gasteiger partial charge in [-0.25, -0.2) is 4.79 Å². The Bertz CT molecular complexity index is 863. The summed E-state index contributed by atoms with van der Waals surface area (Å²) >= 11 is 0. The van der Waals surface area contributed by atoms with Gasteiger partial charge in [-0.1, -0.05) is 0 Å². The van der Waals surface area contributed by atoms with Crippen molar-refractivity contribution in [2.45, 2.75) is 32.6 Å². The summed E-state index contributed by atoms with van der Waals surface area (Å²) in [5.41, 5.74) is 3.03. The molecule has 0 aliphatic heterocycles. The molecule has 0 spiro atoms. The van der Waals surface area contributed by atoms with Crippen LogP contribution in [0.4, 0.5) is 5.69 Å². The SMILES string of the molecule is COC(=O)c1[nH]c(C)cc1NC(=O)c1cc(=O)[nH]c2c1CCCC2. The topological polar surface area (TPSA) is 104 Å². The number of H-pyrrole nitrogens is 2. The van der Waals surface area contributed by atoms with Gasteiger partial charge in [0.15, 0.2) is 0 Å². The molecule has 0 fully saturated rings. The summed E-state index contributed by atoms with van der Waals surface area (Å²) in [5.74, 6) is -0.963. The number of nitrogens with one attached hydrogen (secondary N) is 3. The third kappa shape index (κ3) is 2.97. The predicted molar refractivity (Wildman–Crippen MR) is 88.5 cm³/mol. The summed E-state index contributed by atoms with van der Waals surface area (Å²) in [7, 11) is 1.28. The summed E-state index contributed by atoms with van der Waals surface area (Å²) in [4.78, 5) is 42.0. The van der Waals surface area contributed by atoms with Gasteiger partial charge in [-0.3, -0.25) is 9.59 Å². The van der Waals surface area contributed by atoms with Crippen LogP contribution in [0.3, 0.4) is 0 Å². The van der Waals surface area contributed by atoms with E-state index in [0.29, 0.717) is 11.3 Å². The third-order valence-electron chi connectivity index (χ3n) is 4.18. The fraction of sp³-hybridized carbons (Fsp3) is 0.353. The van der Waals surface area contributed by atoms with Gasteiger partial charge in [0, 0.05) is 17.5 Å². The fourth-order valence-corrected chi connectivity index (χ4v) is 3.09. The average Bonchev–Trinajstić information content (AvgIpc) is 2.93. The van der Waals surface area contributed by atoms with E-state index in [0.717, 1.165) is 42.6 Å². The van der Waals surface area contributed by atoms with Gasteiger partial charge in [0.05, 0.1) is 18.4 Å². The number of fused-ring (bicyclic) bond motifs is 1. The van der Waals surface area contributed by atoms with Crippen molar-refractivity contribution in [1.82, 2.24) is 9.97 Å². The van der Waals surface area contributed by atoms with Crippen LogP contribution in [0.2, 0.25) is 0 Å². The van der Waals surface area contributed by atoms with Gasteiger partial charge in [0.2, 0.25) is 5.56 Å². The van der Waals surface area contributed by atoms with Crippen molar-refractivity contribution in [3.8, 4) is 0 Å². The number of methoxy groups -OCH3 is 1. The molecule has 0 saturated carbocycles. The third-order valence-corrected chi connectivity index (χ3v) is 4.18. The number of carbonyl (C=O) groups is 2. The van der Waals surface area contributed by atoms with Gasteiger partial charge in [-0.15, -0.1) is 0 Å².